The summed E-state index contributed by atoms with van der Waals surface area (Å²) in [6.45, 7) is 4.74. The minimum absolute atomic E-state index is 0.0654. The van der Waals surface area contributed by atoms with E-state index in [1.807, 2.05) is 0 Å². The van der Waals surface area contributed by atoms with E-state index in [2.05, 4.69) is 15.9 Å². The van der Waals surface area contributed by atoms with E-state index in [1.165, 1.54) is 18.2 Å². The minimum Gasteiger partial charge on any atom is -0.258 e. The van der Waals surface area contributed by atoms with Crippen LogP contribution in [0.15, 0.2) is 27.6 Å². The lowest BCUT2D eigenvalue weighted by atomic mass is 10.3. The first-order valence-electron chi connectivity index (χ1n) is 4.76. The van der Waals surface area contributed by atoms with E-state index in [0.29, 0.717) is 0 Å². The Bertz CT molecular complexity index is 560. The van der Waals surface area contributed by atoms with Gasteiger partial charge in [0.1, 0.15) is 0 Å². The molecule has 0 heterocycles. The van der Waals surface area contributed by atoms with E-state index >= 15 is 0 Å². The van der Waals surface area contributed by atoms with E-state index in [0.717, 1.165) is 0 Å². The third-order valence-electron chi connectivity index (χ3n) is 2.22. The van der Waals surface area contributed by atoms with Gasteiger partial charge in [0, 0.05) is 16.6 Å². The molecule has 0 aliphatic carbocycles. The monoisotopic (exact) mass is 321 g/mol. The van der Waals surface area contributed by atoms with Crippen molar-refractivity contribution in [2.45, 2.75) is 30.4 Å². The van der Waals surface area contributed by atoms with Crippen molar-refractivity contribution in [1.29, 1.82) is 0 Å². The molecule has 0 radical (unpaired) electrons. The first kappa shape index (κ1) is 14.1. The lowest BCUT2D eigenvalue weighted by molar-refractivity contribution is -0.385. The summed E-state index contributed by atoms with van der Waals surface area (Å²) in [6, 6.07) is 3.63. The van der Waals surface area contributed by atoms with Crippen LogP contribution in [0.4, 0.5) is 5.69 Å². The van der Waals surface area contributed by atoms with Crippen molar-refractivity contribution in [2.24, 2.45) is 0 Å². The highest BCUT2D eigenvalue weighted by molar-refractivity contribution is 9.10. The molecule has 0 fully saturated rings. The molecule has 0 saturated carbocycles. The van der Waals surface area contributed by atoms with Gasteiger partial charge in [0.2, 0.25) is 0 Å². The Labute approximate surface area is 108 Å². The molecule has 0 N–H and O–H groups in total. The molecule has 0 unspecified atom stereocenters. The van der Waals surface area contributed by atoms with Gasteiger partial charge in [-0.1, -0.05) is 0 Å². The van der Waals surface area contributed by atoms with E-state index < -0.39 is 19.5 Å². The molecule has 0 aliphatic rings. The summed E-state index contributed by atoms with van der Waals surface area (Å²) in [6.07, 6.45) is 0. The number of nitrogens with zero attached hydrogens (tertiary/aromatic N) is 1. The summed E-state index contributed by atoms with van der Waals surface area (Å²) in [5.41, 5.74) is -0.148. The van der Waals surface area contributed by atoms with Crippen LogP contribution in [0.2, 0.25) is 0 Å². The predicted molar refractivity (Wildman–Crippen MR) is 67.7 cm³/mol. The van der Waals surface area contributed by atoms with Crippen LogP contribution in [0.5, 0.6) is 0 Å². The molecule has 0 atom stereocenters. The third kappa shape index (κ3) is 2.66. The molecular weight excluding hydrogens is 310 g/mol. The molecule has 0 aromatic heterocycles. The number of sulfone groups is 1. The maximum atomic E-state index is 12.2. The summed E-state index contributed by atoms with van der Waals surface area (Å²) in [5, 5.41) is 10.5. The average Bonchev–Trinajstić information content (AvgIpc) is 2.15. The van der Waals surface area contributed by atoms with Gasteiger partial charge < -0.3 is 0 Å². The van der Waals surface area contributed by atoms with Gasteiger partial charge in [-0.15, -0.1) is 0 Å². The molecule has 1 aromatic rings. The van der Waals surface area contributed by atoms with Crippen LogP contribution in [0.25, 0.3) is 0 Å². The highest BCUT2D eigenvalue weighted by Gasteiger charge is 2.32. The van der Waals surface area contributed by atoms with Crippen molar-refractivity contribution in [3.8, 4) is 0 Å². The summed E-state index contributed by atoms with van der Waals surface area (Å²) in [5.74, 6) is 0. The zero-order valence-electron chi connectivity index (χ0n) is 9.60. The second kappa shape index (κ2) is 4.38. The number of hydrogen-bond donors (Lipinski definition) is 0. The fraction of sp³-hybridized carbons (Fsp3) is 0.400. The van der Waals surface area contributed by atoms with Gasteiger partial charge in [-0.25, -0.2) is 8.42 Å². The Morgan fingerprint density at radius 1 is 1.29 bits per heavy atom. The fourth-order valence-corrected chi connectivity index (χ4v) is 3.38. The van der Waals surface area contributed by atoms with Crippen LogP contribution in [-0.2, 0) is 9.84 Å². The van der Waals surface area contributed by atoms with Crippen LogP contribution in [0.1, 0.15) is 20.8 Å². The standard InChI is InChI=1S/C10H12BrNO4S/c1-10(2,3)17(15,16)9-5-4-7(12(13)14)6-8(9)11/h4-6H,1-3H3. The first-order valence-corrected chi connectivity index (χ1v) is 7.03. The number of halogens is 1. The summed E-state index contributed by atoms with van der Waals surface area (Å²) >= 11 is 3.06. The van der Waals surface area contributed by atoms with Crippen LogP contribution in [0, 0.1) is 10.1 Å². The third-order valence-corrected chi connectivity index (χ3v) is 5.69. The van der Waals surface area contributed by atoms with Crippen LogP contribution >= 0.6 is 15.9 Å². The summed E-state index contributed by atoms with van der Waals surface area (Å²) < 4.78 is 23.6. The Balaban J connectivity index is 3.42. The van der Waals surface area contributed by atoms with Gasteiger partial charge in [-0.3, -0.25) is 10.1 Å². The minimum atomic E-state index is -3.52. The SMILES string of the molecule is CC(C)(C)S(=O)(=O)c1ccc([N+](=O)[O-])cc1Br. The smallest absolute Gasteiger partial charge is 0.258 e. The lowest BCUT2D eigenvalue weighted by Crippen LogP contribution is -2.28. The molecule has 17 heavy (non-hydrogen) atoms. The second-order valence-corrected chi connectivity index (χ2v) is 8.01. The van der Waals surface area contributed by atoms with Crippen LogP contribution in [0.3, 0.4) is 0 Å². The van der Waals surface area contributed by atoms with Gasteiger partial charge in [0.15, 0.2) is 9.84 Å². The highest BCUT2D eigenvalue weighted by Crippen LogP contribution is 2.32. The van der Waals surface area contributed by atoms with Gasteiger partial charge in [-0.05, 0) is 42.8 Å². The molecule has 94 valence electrons. The van der Waals surface area contributed by atoms with Gasteiger partial charge in [0.05, 0.1) is 14.6 Å². The van der Waals surface area contributed by atoms with E-state index in [9.17, 15) is 18.5 Å². The molecule has 0 amide bonds. The Morgan fingerprint density at radius 3 is 2.18 bits per heavy atom. The first-order chi connectivity index (χ1) is 7.57. The van der Waals surface area contributed by atoms with E-state index in [4.69, 9.17) is 0 Å². The zero-order valence-corrected chi connectivity index (χ0v) is 12.0. The van der Waals surface area contributed by atoms with Crippen molar-refractivity contribution in [3.63, 3.8) is 0 Å². The molecule has 7 heteroatoms. The van der Waals surface area contributed by atoms with Crippen molar-refractivity contribution in [3.05, 3.63) is 32.8 Å². The molecule has 0 aliphatic heterocycles. The lowest BCUT2D eigenvalue weighted by Gasteiger charge is -2.19. The largest absolute Gasteiger partial charge is 0.270 e. The number of nitro groups is 1. The Hall–Kier alpha value is -0.950. The number of benzene rings is 1. The average molecular weight is 322 g/mol. The normalized spacial score (nSPS) is 12.5. The summed E-state index contributed by atoms with van der Waals surface area (Å²) in [7, 11) is -3.52. The quantitative estimate of drug-likeness (QED) is 0.619. The number of non-ortho nitro benzene ring substituents is 1. The Kier molecular flexibility index (Phi) is 3.63. The van der Waals surface area contributed by atoms with Crippen molar-refractivity contribution < 1.29 is 13.3 Å². The topological polar surface area (TPSA) is 77.3 Å². The molecule has 0 saturated heterocycles. The molecule has 1 rings (SSSR count). The number of nitro benzene ring substituents is 1. The molecule has 0 bridgehead atoms. The van der Waals surface area contributed by atoms with E-state index in [-0.39, 0.29) is 15.1 Å². The maximum absolute atomic E-state index is 12.2. The maximum Gasteiger partial charge on any atom is 0.270 e. The van der Waals surface area contributed by atoms with Crippen LogP contribution in [-0.4, -0.2) is 18.1 Å². The summed E-state index contributed by atoms with van der Waals surface area (Å²) in [4.78, 5) is 10.0. The van der Waals surface area contributed by atoms with Crippen molar-refractivity contribution in [2.75, 3.05) is 0 Å². The number of rotatable bonds is 2. The van der Waals surface area contributed by atoms with Gasteiger partial charge in [-0.2, -0.15) is 0 Å². The molecule has 5 nitrogen and oxygen atoms in total. The molecule has 1 aromatic carbocycles. The number of hydrogen-bond acceptors (Lipinski definition) is 4. The fourth-order valence-electron chi connectivity index (χ4n) is 1.15. The van der Waals surface area contributed by atoms with Crippen molar-refractivity contribution in [1.82, 2.24) is 0 Å². The van der Waals surface area contributed by atoms with Gasteiger partial charge in [0.25, 0.3) is 5.69 Å². The highest BCUT2D eigenvalue weighted by atomic mass is 79.9. The second-order valence-electron chi connectivity index (χ2n) is 4.49. The van der Waals surface area contributed by atoms with E-state index in [1.54, 1.807) is 20.8 Å². The predicted octanol–water partition coefficient (Wildman–Crippen LogP) is 2.93. The van der Waals surface area contributed by atoms with Crippen molar-refractivity contribution >= 4 is 31.5 Å². The van der Waals surface area contributed by atoms with Crippen LogP contribution < -0.4 is 0 Å². The molecule has 0 spiro atoms. The Morgan fingerprint density at radius 2 is 1.82 bits per heavy atom. The molecular formula is C10H12BrNO4S. The van der Waals surface area contributed by atoms with Gasteiger partial charge >= 0.3 is 0 Å². The zero-order chi connectivity index (χ0) is 13.4.